The smallest absolute Gasteiger partial charge is 0.231 e. The summed E-state index contributed by atoms with van der Waals surface area (Å²) < 4.78 is 0. The van der Waals surface area contributed by atoms with E-state index in [0.717, 1.165) is 37.8 Å². The van der Waals surface area contributed by atoms with E-state index in [1.54, 1.807) is 6.07 Å². The number of nitrogens with one attached hydrogen (secondary N) is 2. The Hall–Kier alpha value is -3.21. The summed E-state index contributed by atoms with van der Waals surface area (Å²) in [6.07, 6.45) is 6.66. The first-order valence-electron chi connectivity index (χ1n) is 12.9. The van der Waals surface area contributed by atoms with Crippen LogP contribution in [-0.4, -0.2) is 15.9 Å². The monoisotopic (exact) mass is 468 g/mol. The molecular formula is C30H36N4O. The number of aromatic nitrogens is 2. The molecule has 5 nitrogen and oxygen atoms in total. The average Bonchev–Trinajstić information content (AvgIpc) is 2.84. The predicted molar refractivity (Wildman–Crippen MR) is 142 cm³/mol. The van der Waals surface area contributed by atoms with Crippen LogP contribution in [0, 0.1) is 11.3 Å². The molecule has 1 heterocycles. The van der Waals surface area contributed by atoms with Crippen LogP contribution in [0.15, 0.2) is 60.9 Å². The van der Waals surface area contributed by atoms with E-state index in [-0.39, 0.29) is 11.3 Å². The topological polar surface area (TPSA) is 66.9 Å². The second kappa shape index (κ2) is 9.10. The largest absolute Gasteiger partial charge is 0.340 e. The zero-order chi connectivity index (χ0) is 24.6. The number of aryl methyl sites for hydroxylation is 1. The highest BCUT2D eigenvalue weighted by Gasteiger charge is 2.55. The Balaban J connectivity index is 1.38. The van der Waals surface area contributed by atoms with Crippen molar-refractivity contribution in [3.63, 3.8) is 0 Å². The molecule has 0 unspecified atom stereocenters. The summed E-state index contributed by atoms with van der Waals surface area (Å²) in [5.74, 6) is 2.09. The lowest BCUT2D eigenvalue weighted by molar-refractivity contribution is -0.133. The maximum atomic E-state index is 13.8. The number of carbonyl (C=O) groups is 1. The number of benzene rings is 2. The van der Waals surface area contributed by atoms with Crippen molar-refractivity contribution in [3.8, 4) is 0 Å². The van der Waals surface area contributed by atoms with Crippen LogP contribution >= 0.6 is 0 Å². The van der Waals surface area contributed by atoms with Crippen LogP contribution in [-0.2, 0) is 16.6 Å². The number of fused-ring (bicyclic) bond motifs is 3. The molecule has 2 N–H and O–H groups in total. The number of amides is 1. The van der Waals surface area contributed by atoms with Crippen molar-refractivity contribution in [2.75, 3.05) is 10.6 Å². The Kier molecular flexibility index (Phi) is 6.12. The molecule has 35 heavy (non-hydrogen) atoms. The van der Waals surface area contributed by atoms with Crippen molar-refractivity contribution in [3.05, 3.63) is 77.6 Å². The summed E-state index contributed by atoms with van der Waals surface area (Å²) in [4.78, 5) is 22.5. The summed E-state index contributed by atoms with van der Waals surface area (Å²) in [7, 11) is 0. The standard InChI is InChI=1S/C30H36N4O/c1-20(2)21-11-13-24-22(17-21)12-14-25-29(24,3)15-8-16-30(25,4)28(35)34-27-18-26(31-19-32-27)33-23-9-6-5-7-10-23/h5-7,9-11,13,17-20,25H,8,12,14-16H2,1-4H3,(H2,31,32,33,34,35)/t25-,29-,30-/m1/s1. The number of hydrogen-bond acceptors (Lipinski definition) is 4. The number of rotatable bonds is 5. The first-order valence-corrected chi connectivity index (χ1v) is 12.9. The molecule has 5 rings (SSSR count). The van der Waals surface area contributed by atoms with E-state index in [2.05, 4.69) is 66.5 Å². The van der Waals surface area contributed by atoms with Gasteiger partial charge in [-0.1, -0.05) is 70.5 Å². The molecule has 2 aromatic carbocycles. The molecule has 2 aliphatic rings. The highest BCUT2D eigenvalue weighted by Crippen LogP contribution is 2.57. The fourth-order valence-corrected chi connectivity index (χ4v) is 6.56. The molecule has 1 amide bonds. The maximum absolute atomic E-state index is 13.8. The van der Waals surface area contributed by atoms with Gasteiger partial charge in [-0.2, -0.15) is 0 Å². The predicted octanol–water partition coefficient (Wildman–Crippen LogP) is 6.99. The van der Waals surface area contributed by atoms with E-state index in [0.29, 0.717) is 23.5 Å². The number of carbonyl (C=O) groups excluding carboxylic acids is 1. The molecule has 0 saturated heterocycles. The highest BCUT2D eigenvalue weighted by molar-refractivity contribution is 5.95. The van der Waals surface area contributed by atoms with E-state index in [9.17, 15) is 4.79 Å². The van der Waals surface area contributed by atoms with E-state index in [1.165, 1.54) is 23.0 Å². The van der Waals surface area contributed by atoms with Crippen LogP contribution in [0.2, 0.25) is 0 Å². The molecule has 3 aromatic rings. The lowest BCUT2D eigenvalue weighted by Crippen LogP contribution is -2.53. The van der Waals surface area contributed by atoms with Crippen molar-refractivity contribution in [2.45, 2.75) is 71.1 Å². The third-order valence-corrected chi connectivity index (χ3v) is 8.52. The van der Waals surface area contributed by atoms with Gasteiger partial charge in [-0.3, -0.25) is 4.79 Å². The molecule has 0 aliphatic heterocycles. The van der Waals surface area contributed by atoms with Gasteiger partial charge in [-0.15, -0.1) is 0 Å². The number of hydrogen-bond donors (Lipinski definition) is 2. The second-order valence-corrected chi connectivity index (χ2v) is 11.1. The normalized spacial score (nSPS) is 25.5. The van der Waals surface area contributed by atoms with Gasteiger partial charge in [0.1, 0.15) is 18.0 Å². The Morgan fingerprint density at radius 3 is 2.54 bits per heavy atom. The van der Waals surface area contributed by atoms with Gasteiger partial charge in [0.15, 0.2) is 0 Å². The van der Waals surface area contributed by atoms with E-state index >= 15 is 0 Å². The van der Waals surface area contributed by atoms with Crippen molar-refractivity contribution in [1.82, 2.24) is 9.97 Å². The minimum Gasteiger partial charge on any atom is -0.340 e. The van der Waals surface area contributed by atoms with E-state index in [1.807, 2.05) is 30.3 Å². The van der Waals surface area contributed by atoms with E-state index in [4.69, 9.17) is 0 Å². The highest BCUT2D eigenvalue weighted by atomic mass is 16.2. The Bertz CT molecular complexity index is 1220. The Morgan fingerprint density at radius 1 is 1.00 bits per heavy atom. The van der Waals surface area contributed by atoms with Gasteiger partial charge in [0.2, 0.25) is 5.91 Å². The van der Waals surface area contributed by atoms with Gasteiger partial charge < -0.3 is 10.6 Å². The third-order valence-electron chi connectivity index (χ3n) is 8.52. The Morgan fingerprint density at radius 2 is 1.77 bits per heavy atom. The van der Waals surface area contributed by atoms with E-state index < -0.39 is 5.41 Å². The molecule has 0 radical (unpaired) electrons. The second-order valence-electron chi connectivity index (χ2n) is 11.1. The third kappa shape index (κ3) is 4.33. The fourth-order valence-electron chi connectivity index (χ4n) is 6.56. The average molecular weight is 469 g/mol. The lowest BCUT2D eigenvalue weighted by atomic mass is 9.49. The quantitative estimate of drug-likeness (QED) is 0.423. The molecule has 5 heteroatoms. The van der Waals surface area contributed by atoms with Gasteiger partial charge in [0.05, 0.1) is 5.41 Å². The first kappa shape index (κ1) is 23.5. The fraction of sp³-hybridized carbons (Fsp3) is 0.433. The van der Waals surface area contributed by atoms with Gasteiger partial charge in [0, 0.05) is 11.8 Å². The van der Waals surface area contributed by atoms with Crippen LogP contribution in [0.4, 0.5) is 17.3 Å². The first-order chi connectivity index (χ1) is 16.8. The lowest BCUT2D eigenvalue weighted by Gasteiger charge is -2.54. The van der Waals surface area contributed by atoms with Crippen molar-refractivity contribution < 1.29 is 4.79 Å². The summed E-state index contributed by atoms with van der Waals surface area (Å²) in [5.41, 5.74) is 4.85. The minimum atomic E-state index is -0.445. The number of nitrogens with zero attached hydrogens (tertiary/aromatic N) is 2. The zero-order valence-corrected chi connectivity index (χ0v) is 21.3. The molecule has 1 aromatic heterocycles. The minimum absolute atomic E-state index is 0.0130. The number of anilines is 3. The maximum Gasteiger partial charge on any atom is 0.231 e. The molecule has 1 saturated carbocycles. The van der Waals surface area contributed by atoms with Crippen LogP contribution in [0.25, 0.3) is 0 Å². The number of para-hydroxylation sites is 1. The summed E-state index contributed by atoms with van der Waals surface area (Å²) >= 11 is 0. The van der Waals surface area contributed by atoms with Crippen LogP contribution in [0.1, 0.15) is 76.0 Å². The SMILES string of the molecule is CC(C)c1ccc2c(c1)CC[C@H]1[C@](C)(C(=O)Nc3cc(Nc4ccccc4)ncn3)CCC[C@]21C. The Labute approximate surface area is 208 Å². The van der Waals surface area contributed by atoms with Gasteiger partial charge >= 0.3 is 0 Å². The zero-order valence-electron chi connectivity index (χ0n) is 21.3. The molecule has 1 fully saturated rings. The summed E-state index contributed by atoms with van der Waals surface area (Å²) in [5, 5.41) is 6.43. The van der Waals surface area contributed by atoms with Gasteiger partial charge in [-0.25, -0.2) is 9.97 Å². The summed E-state index contributed by atoms with van der Waals surface area (Å²) in [6, 6.07) is 18.7. The van der Waals surface area contributed by atoms with Crippen LogP contribution < -0.4 is 10.6 Å². The molecule has 182 valence electrons. The van der Waals surface area contributed by atoms with Crippen molar-refractivity contribution in [2.24, 2.45) is 11.3 Å². The molecule has 0 bridgehead atoms. The van der Waals surface area contributed by atoms with Gasteiger partial charge in [0.25, 0.3) is 0 Å². The van der Waals surface area contributed by atoms with Crippen LogP contribution in [0.3, 0.4) is 0 Å². The molecule has 0 spiro atoms. The van der Waals surface area contributed by atoms with Crippen LogP contribution in [0.5, 0.6) is 0 Å². The molecule has 2 aliphatic carbocycles. The molecule has 3 atom stereocenters. The summed E-state index contributed by atoms with van der Waals surface area (Å²) in [6.45, 7) is 9.07. The molecular weight excluding hydrogens is 432 g/mol. The van der Waals surface area contributed by atoms with Crippen molar-refractivity contribution in [1.29, 1.82) is 0 Å². The van der Waals surface area contributed by atoms with Crippen molar-refractivity contribution >= 4 is 23.2 Å². The van der Waals surface area contributed by atoms with Gasteiger partial charge in [-0.05, 0) is 71.8 Å².